The van der Waals surface area contributed by atoms with E-state index < -0.39 is 5.38 Å². The molecule has 0 aliphatic carbocycles. The fourth-order valence-electron chi connectivity index (χ4n) is 1.17. The average molecular weight is 198 g/mol. The summed E-state index contributed by atoms with van der Waals surface area (Å²) in [7, 11) is 0. The first kappa shape index (κ1) is 10.1. The zero-order valence-corrected chi connectivity index (χ0v) is 8.33. The second kappa shape index (κ2) is 4.88. The second-order valence-corrected chi connectivity index (χ2v) is 3.37. The fourth-order valence-corrected chi connectivity index (χ4v) is 1.32. The van der Waals surface area contributed by atoms with Crippen LogP contribution in [0.1, 0.15) is 19.2 Å². The highest BCUT2D eigenvalue weighted by Crippen LogP contribution is 2.05. The van der Waals surface area contributed by atoms with Gasteiger partial charge in [-0.3, -0.25) is 0 Å². The molecule has 70 valence electrons. The first-order valence-corrected chi connectivity index (χ1v) is 4.75. The number of aryl methyl sites for hydroxylation is 1. The monoisotopic (exact) mass is 197 g/mol. The van der Waals surface area contributed by atoms with E-state index in [4.69, 9.17) is 16.9 Å². The van der Waals surface area contributed by atoms with Crippen molar-refractivity contribution in [3.05, 3.63) is 18.2 Å². The Bertz CT molecular complexity index is 300. The minimum Gasteiger partial charge on any atom is -0.332 e. The van der Waals surface area contributed by atoms with E-state index in [0.717, 1.165) is 18.7 Å². The van der Waals surface area contributed by atoms with Gasteiger partial charge in [-0.05, 0) is 6.42 Å². The first-order valence-electron chi connectivity index (χ1n) is 4.31. The van der Waals surface area contributed by atoms with Crippen molar-refractivity contribution in [2.24, 2.45) is 0 Å². The lowest BCUT2D eigenvalue weighted by Gasteiger charge is -2.06. The third-order valence-electron chi connectivity index (χ3n) is 1.77. The van der Waals surface area contributed by atoms with E-state index in [1.54, 1.807) is 6.20 Å². The van der Waals surface area contributed by atoms with E-state index in [2.05, 4.69) is 11.9 Å². The minimum atomic E-state index is -0.468. The summed E-state index contributed by atoms with van der Waals surface area (Å²) < 4.78 is 1.93. The molecule has 1 heterocycles. The Kier molecular flexibility index (Phi) is 3.78. The Morgan fingerprint density at radius 1 is 1.77 bits per heavy atom. The van der Waals surface area contributed by atoms with Crippen molar-refractivity contribution in [3.63, 3.8) is 0 Å². The highest BCUT2D eigenvalue weighted by molar-refractivity contribution is 6.22. The molecule has 0 spiro atoms. The van der Waals surface area contributed by atoms with Gasteiger partial charge in [-0.2, -0.15) is 5.26 Å². The molecule has 13 heavy (non-hydrogen) atoms. The fraction of sp³-hybridized carbons (Fsp3) is 0.556. The van der Waals surface area contributed by atoms with Crippen molar-refractivity contribution in [2.45, 2.75) is 31.7 Å². The molecule has 0 amide bonds. The van der Waals surface area contributed by atoms with E-state index in [9.17, 15) is 0 Å². The van der Waals surface area contributed by atoms with Crippen molar-refractivity contribution >= 4 is 11.6 Å². The van der Waals surface area contributed by atoms with Gasteiger partial charge >= 0.3 is 0 Å². The van der Waals surface area contributed by atoms with Gasteiger partial charge in [-0.1, -0.05) is 6.92 Å². The quantitative estimate of drug-likeness (QED) is 0.693. The zero-order valence-electron chi connectivity index (χ0n) is 7.57. The van der Waals surface area contributed by atoms with Crippen LogP contribution in [0, 0.1) is 11.3 Å². The van der Waals surface area contributed by atoms with Gasteiger partial charge in [0.05, 0.1) is 12.6 Å². The maximum Gasteiger partial charge on any atom is 0.138 e. The van der Waals surface area contributed by atoms with Crippen LogP contribution in [0.5, 0.6) is 0 Å². The number of hydrogen-bond acceptors (Lipinski definition) is 2. The molecule has 0 aliphatic rings. The maximum atomic E-state index is 8.54. The summed E-state index contributed by atoms with van der Waals surface area (Å²) in [4.78, 5) is 4.19. The Labute approximate surface area is 83.0 Å². The van der Waals surface area contributed by atoms with Crippen LogP contribution in [0.3, 0.4) is 0 Å². The Morgan fingerprint density at radius 3 is 3.15 bits per heavy atom. The van der Waals surface area contributed by atoms with E-state index in [1.165, 1.54) is 0 Å². The number of imidazole rings is 1. The predicted octanol–water partition coefficient (Wildman–Crippen LogP) is 1.97. The summed E-state index contributed by atoms with van der Waals surface area (Å²) in [6.07, 6.45) is 5.59. The summed E-state index contributed by atoms with van der Waals surface area (Å²) in [6, 6.07) is 1.99. The van der Waals surface area contributed by atoms with E-state index in [1.807, 2.05) is 16.8 Å². The van der Waals surface area contributed by atoms with Gasteiger partial charge < -0.3 is 4.57 Å². The van der Waals surface area contributed by atoms with Crippen LogP contribution in [0.4, 0.5) is 0 Å². The van der Waals surface area contributed by atoms with Crippen LogP contribution in [0.15, 0.2) is 12.4 Å². The number of nitrogens with zero attached hydrogens (tertiary/aromatic N) is 3. The molecule has 0 saturated heterocycles. The number of halogens is 1. The van der Waals surface area contributed by atoms with E-state index in [0.29, 0.717) is 6.54 Å². The summed E-state index contributed by atoms with van der Waals surface area (Å²) >= 11 is 5.72. The van der Waals surface area contributed by atoms with Crippen molar-refractivity contribution in [3.8, 4) is 6.07 Å². The maximum absolute atomic E-state index is 8.54. The molecule has 0 saturated carbocycles. The van der Waals surface area contributed by atoms with Crippen molar-refractivity contribution in [1.29, 1.82) is 5.26 Å². The van der Waals surface area contributed by atoms with Crippen LogP contribution in [0.25, 0.3) is 0 Å². The Balaban J connectivity index is 2.66. The normalized spacial score (nSPS) is 12.4. The highest BCUT2D eigenvalue weighted by Gasteiger charge is 2.06. The molecule has 0 radical (unpaired) electrons. The van der Waals surface area contributed by atoms with Crippen LogP contribution < -0.4 is 0 Å². The number of aromatic nitrogens is 2. The molecule has 4 heteroatoms. The Morgan fingerprint density at radius 2 is 2.54 bits per heavy atom. The smallest absolute Gasteiger partial charge is 0.138 e. The SMILES string of the molecule is CCCc1nccn1CC(Cl)C#N. The molecule has 1 rings (SSSR count). The Hall–Kier alpha value is -1.01. The van der Waals surface area contributed by atoms with Crippen LogP contribution in [-0.4, -0.2) is 14.9 Å². The molecule has 0 N–H and O–H groups in total. The van der Waals surface area contributed by atoms with Gasteiger partial charge in [0.25, 0.3) is 0 Å². The van der Waals surface area contributed by atoms with Crippen molar-refractivity contribution in [1.82, 2.24) is 9.55 Å². The summed E-state index contributed by atoms with van der Waals surface area (Å²) in [6.45, 7) is 2.62. The van der Waals surface area contributed by atoms with Gasteiger partial charge in [0.2, 0.25) is 0 Å². The molecule has 1 unspecified atom stereocenters. The molecule has 0 aromatic carbocycles. The lowest BCUT2D eigenvalue weighted by Crippen LogP contribution is -2.10. The van der Waals surface area contributed by atoms with Crippen molar-refractivity contribution < 1.29 is 0 Å². The number of nitriles is 1. The third-order valence-corrected chi connectivity index (χ3v) is 2.01. The minimum absolute atomic E-state index is 0.468. The molecule has 3 nitrogen and oxygen atoms in total. The van der Waals surface area contributed by atoms with Crippen molar-refractivity contribution in [2.75, 3.05) is 0 Å². The van der Waals surface area contributed by atoms with E-state index in [-0.39, 0.29) is 0 Å². The molecule has 1 atom stereocenters. The molecular weight excluding hydrogens is 186 g/mol. The summed E-state index contributed by atoms with van der Waals surface area (Å²) in [5, 5.41) is 8.07. The number of rotatable bonds is 4. The average Bonchev–Trinajstić information content (AvgIpc) is 2.54. The van der Waals surface area contributed by atoms with Gasteiger partial charge in [0.1, 0.15) is 11.2 Å². The van der Waals surface area contributed by atoms with Gasteiger partial charge in [0, 0.05) is 18.8 Å². The van der Waals surface area contributed by atoms with Gasteiger partial charge in [-0.25, -0.2) is 4.98 Å². The van der Waals surface area contributed by atoms with Gasteiger partial charge in [-0.15, -0.1) is 11.6 Å². The standard InChI is InChI=1S/C9H12ClN3/c1-2-3-9-12-4-5-13(9)7-8(10)6-11/h4-5,8H,2-3,7H2,1H3. The molecule has 1 aromatic rings. The largest absolute Gasteiger partial charge is 0.332 e. The highest BCUT2D eigenvalue weighted by atomic mass is 35.5. The summed E-state index contributed by atoms with van der Waals surface area (Å²) in [5.74, 6) is 1.00. The van der Waals surface area contributed by atoms with Crippen LogP contribution in [0.2, 0.25) is 0 Å². The topological polar surface area (TPSA) is 41.6 Å². The third kappa shape index (κ3) is 2.74. The molecular formula is C9H12ClN3. The first-order chi connectivity index (χ1) is 6.27. The lowest BCUT2D eigenvalue weighted by molar-refractivity contribution is 0.658. The lowest BCUT2D eigenvalue weighted by atomic mass is 10.3. The molecule has 1 aromatic heterocycles. The molecule has 0 bridgehead atoms. The van der Waals surface area contributed by atoms with Gasteiger partial charge in [0.15, 0.2) is 0 Å². The predicted molar refractivity (Wildman–Crippen MR) is 51.5 cm³/mol. The van der Waals surface area contributed by atoms with Crippen LogP contribution in [-0.2, 0) is 13.0 Å². The summed E-state index contributed by atoms with van der Waals surface area (Å²) in [5.41, 5.74) is 0. The number of alkyl halides is 1. The second-order valence-electron chi connectivity index (χ2n) is 2.84. The molecule has 0 fully saturated rings. The van der Waals surface area contributed by atoms with E-state index >= 15 is 0 Å². The van der Waals surface area contributed by atoms with Crippen LogP contribution >= 0.6 is 11.6 Å². The number of hydrogen-bond donors (Lipinski definition) is 0. The zero-order chi connectivity index (χ0) is 9.68. The molecule has 0 aliphatic heterocycles.